The van der Waals surface area contributed by atoms with Gasteiger partial charge in [-0.25, -0.2) is 0 Å². The molecule has 0 fully saturated rings. The van der Waals surface area contributed by atoms with Crippen molar-refractivity contribution in [3.05, 3.63) is 33.8 Å². The predicted molar refractivity (Wildman–Crippen MR) is 56.8 cm³/mol. The molecule has 0 saturated carbocycles. The molecule has 12 heavy (non-hydrogen) atoms. The fraction of sp³-hybridized carbons (Fsp3) is 0.222. The van der Waals surface area contributed by atoms with E-state index < -0.39 is 0 Å². The van der Waals surface area contributed by atoms with Crippen LogP contribution < -0.4 is 0 Å². The van der Waals surface area contributed by atoms with Crippen LogP contribution in [0.1, 0.15) is 22.8 Å². The number of Topliss-reactive ketones (excluding diaryl/α,β-unsaturated/α-hetero) is 1. The number of carbonyl (C=O) groups is 1. The molecule has 0 spiro atoms. The van der Waals surface area contributed by atoms with E-state index in [0.717, 1.165) is 15.6 Å². The highest BCUT2D eigenvalue weighted by molar-refractivity contribution is 9.10. The van der Waals surface area contributed by atoms with Crippen LogP contribution in [-0.4, -0.2) is 5.78 Å². The monoisotopic (exact) mass is 290 g/mol. The van der Waals surface area contributed by atoms with Crippen LogP contribution in [0.2, 0.25) is 0 Å². The topological polar surface area (TPSA) is 17.1 Å². The second-order valence-corrected chi connectivity index (χ2v) is 3.97. The minimum atomic E-state index is 0.108. The van der Waals surface area contributed by atoms with Gasteiger partial charge in [0.2, 0.25) is 0 Å². The van der Waals surface area contributed by atoms with Gasteiger partial charge in [-0.3, -0.25) is 4.79 Å². The summed E-state index contributed by atoms with van der Waals surface area (Å²) in [6.45, 7) is 1.58. The summed E-state index contributed by atoms with van der Waals surface area (Å²) in [5, 5.41) is 0.710. The normalized spacial score (nSPS) is 9.92. The first-order valence-electron chi connectivity index (χ1n) is 3.50. The molecule has 3 heteroatoms. The SMILES string of the molecule is CC(=O)c1ccc(Br)cc1CBr. The number of hydrogen-bond acceptors (Lipinski definition) is 1. The van der Waals surface area contributed by atoms with Crippen molar-refractivity contribution >= 4 is 37.6 Å². The lowest BCUT2D eigenvalue weighted by atomic mass is 10.1. The Morgan fingerprint density at radius 1 is 1.50 bits per heavy atom. The van der Waals surface area contributed by atoms with Crippen LogP contribution in [0.3, 0.4) is 0 Å². The van der Waals surface area contributed by atoms with Crippen molar-refractivity contribution in [3.8, 4) is 0 Å². The van der Waals surface area contributed by atoms with Crippen LogP contribution in [0.4, 0.5) is 0 Å². The highest BCUT2D eigenvalue weighted by Crippen LogP contribution is 2.19. The van der Waals surface area contributed by atoms with Gasteiger partial charge in [-0.2, -0.15) is 0 Å². The molecule has 1 aromatic rings. The molecule has 1 rings (SSSR count). The zero-order valence-corrected chi connectivity index (χ0v) is 9.78. The van der Waals surface area contributed by atoms with Gasteiger partial charge in [-0.15, -0.1) is 0 Å². The second-order valence-electron chi connectivity index (χ2n) is 2.49. The molecule has 0 aliphatic rings. The van der Waals surface area contributed by atoms with Gasteiger partial charge >= 0.3 is 0 Å². The smallest absolute Gasteiger partial charge is 0.160 e. The summed E-state index contributed by atoms with van der Waals surface area (Å²) in [5.74, 6) is 0.108. The zero-order chi connectivity index (χ0) is 9.14. The highest BCUT2D eigenvalue weighted by Gasteiger charge is 2.05. The predicted octanol–water partition coefficient (Wildman–Crippen LogP) is 3.55. The Hall–Kier alpha value is -0.150. The molecule has 64 valence electrons. The van der Waals surface area contributed by atoms with Crippen molar-refractivity contribution in [2.45, 2.75) is 12.3 Å². The molecular weight excluding hydrogens is 284 g/mol. The van der Waals surface area contributed by atoms with Gasteiger partial charge in [0, 0.05) is 15.4 Å². The van der Waals surface area contributed by atoms with E-state index in [-0.39, 0.29) is 5.78 Å². The number of halogens is 2. The van der Waals surface area contributed by atoms with Gasteiger partial charge in [0.05, 0.1) is 0 Å². The van der Waals surface area contributed by atoms with Gasteiger partial charge < -0.3 is 0 Å². The maximum absolute atomic E-state index is 11.1. The number of ketones is 1. The zero-order valence-electron chi connectivity index (χ0n) is 6.60. The van der Waals surface area contributed by atoms with Gasteiger partial charge in [-0.05, 0) is 30.7 Å². The van der Waals surface area contributed by atoms with Gasteiger partial charge in [0.1, 0.15) is 0 Å². The molecule has 0 bridgehead atoms. The fourth-order valence-corrected chi connectivity index (χ4v) is 1.89. The Labute approximate surface area is 88.4 Å². The van der Waals surface area contributed by atoms with Crippen LogP contribution in [0.5, 0.6) is 0 Å². The molecule has 0 N–H and O–H groups in total. The molecule has 0 aliphatic heterocycles. The Bertz CT molecular complexity index is 307. The van der Waals surface area contributed by atoms with E-state index in [1.54, 1.807) is 6.92 Å². The summed E-state index contributed by atoms with van der Waals surface area (Å²) in [6.07, 6.45) is 0. The van der Waals surface area contributed by atoms with Crippen molar-refractivity contribution in [1.82, 2.24) is 0 Å². The van der Waals surface area contributed by atoms with Crippen LogP contribution in [0.15, 0.2) is 22.7 Å². The number of alkyl halides is 1. The quantitative estimate of drug-likeness (QED) is 0.602. The molecule has 0 atom stereocenters. The third kappa shape index (κ3) is 2.17. The summed E-state index contributed by atoms with van der Waals surface area (Å²) < 4.78 is 1.00. The first kappa shape index (κ1) is 9.93. The van der Waals surface area contributed by atoms with Crippen molar-refractivity contribution in [2.75, 3.05) is 0 Å². The maximum atomic E-state index is 11.1. The first-order valence-corrected chi connectivity index (χ1v) is 5.42. The highest BCUT2D eigenvalue weighted by atomic mass is 79.9. The average Bonchev–Trinajstić information content (AvgIpc) is 2.03. The number of hydrogen-bond donors (Lipinski definition) is 0. The fourth-order valence-electron chi connectivity index (χ4n) is 1.02. The molecule has 0 aromatic heterocycles. The van der Waals surface area contributed by atoms with E-state index in [0.29, 0.717) is 5.33 Å². The average molecular weight is 292 g/mol. The minimum absolute atomic E-state index is 0.108. The number of rotatable bonds is 2. The molecule has 0 radical (unpaired) electrons. The molecule has 0 unspecified atom stereocenters. The van der Waals surface area contributed by atoms with Crippen molar-refractivity contribution < 1.29 is 4.79 Å². The van der Waals surface area contributed by atoms with E-state index in [1.165, 1.54) is 0 Å². The molecule has 1 aromatic carbocycles. The molecular formula is C9H8Br2O. The number of carbonyl (C=O) groups excluding carboxylic acids is 1. The van der Waals surface area contributed by atoms with Crippen LogP contribution in [-0.2, 0) is 5.33 Å². The standard InChI is InChI=1S/C9H8Br2O/c1-6(12)9-3-2-8(11)4-7(9)5-10/h2-4H,5H2,1H3. The Morgan fingerprint density at radius 2 is 2.17 bits per heavy atom. The lowest BCUT2D eigenvalue weighted by Crippen LogP contribution is -1.97. The van der Waals surface area contributed by atoms with Crippen molar-refractivity contribution in [3.63, 3.8) is 0 Å². The van der Waals surface area contributed by atoms with E-state index in [2.05, 4.69) is 31.9 Å². The number of benzene rings is 1. The Kier molecular flexibility index (Phi) is 3.47. The Morgan fingerprint density at radius 3 is 2.67 bits per heavy atom. The van der Waals surface area contributed by atoms with Gasteiger partial charge in [-0.1, -0.05) is 31.9 Å². The van der Waals surface area contributed by atoms with E-state index in [4.69, 9.17) is 0 Å². The minimum Gasteiger partial charge on any atom is -0.295 e. The largest absolute Gasteiger partial charge is 0.295 e. The third-order valence-corrected chi connectivity index (χ3v) is 2.69. The first-order chi connectivity index (χ1) is 5.65. The Balaban J connectivity index is 3.20. The molecule has 0 saturated heterocycles. The molecule has 0 amide bonds. The van der Waals surface area contributed by atoms with Crippen LogP contribution in [0.25, 0.3) is 0 Å². The van der Waals surface area contributed by atoms with Crippen LogP contribution >= 0.6 is 31.9 Å². The van der Waals surface area contributed by atoms with E-state index in [1.807, 2.05) is 18.2 Å². The van der Waals surface area contributed by atoms with E-state index >= 15 is 0 Å². The summed E-state index contributed by atoms with van der Waals surface area (Å²) in [5.41, 5.74) is 1.81. The van der Waals surface area contributed by atoms with Crippen molar-refractivity contribution in [1.29, 1.82) is 0 Å². The summed E-state index contributed by atoms with van der Waals surface area (Å²) in [7, 11) is 0. The summed E-state index contributed by atoms with van der Waals surface area (Å²) in [4.78, 5) is 11.1. The van der Waals surface area contributed by atoms with Crippen molar-refractivity contribution in [2.24, 2.45) is 0 Å². The van der Waals surface area contributed by atoms with Crippen LogP contribution in [0, 0.1) is 0 Å². The van der Waals surface area contributed by atoms with Gasteiger partial charge in [0.25, 0.3) is 0 Å². The summed E-state index contributed by atoms with van der Waals surface area (Å²) in [6, 6.07) is 5.66. The van der Waals surface area contributed by atoms with Gasteiger partial charge in [0.15, 0.2) is 5.78 Å². The third-order valence-electron chi connectivity index (χ3n) is 1.59. The molecule has 0 aliphatic carbocycles. The summed E-state index contributed by atoms with van der Waals surface area (Å²) >= 11 is 6.69. The lowest BCUT2D eigenvalue weighted by molar-refractivity contribution is 0.101. The molecule has 0 heterocycles. The lowest BCUT2D eigenvalue weighted by Gasteiger charge is -2.03. The molecule has 1 nitrogen and oxygen atoms in total. The van der Waals surface area contributed by atoms with E-state index in [9.17, 15) is 4.79 Å². The second kappa shape index (κ2) is 4.19. The maximum Gasteiger partial charge on any atom is 0.160 e.